The molecule has 0 spiro atoms. The van der Waals surface area contributed by atoms with Gasteiger partial charge in [-0.05, 0) is 24.3 Å². The summed E-state index contributed by atoms with van der Waals surface area (Å²) in [6, 6.07) is 8.28. The number of aliphatic hydroxyl groups excluding tert-OH is 1. The first kappa shape index (κ1) is 16.3. The lowest BCUT2D eigenvalue weighted by Gasteiger charge is -2.13. The molecule has 0 heterocycles. The number of benzene rings is 1. The summed E-state index contributed by atoms with van der Waals surface area (Å²) >= 11 is 0. The third kappa shape index (κ3) is 6.97. The third-order valence-electron chi connectivity index (χ3n) is 2.39. The maximum absolute atomic E-state index is 11.9. The molecule has 0 bridgehead atoms. The van der Waals surface area contributed by atoms with Crippen LogP contribution >= 0.6 is 0 Å². The lowest BCUT2D eigenvalue weighted by Crippen LogP contribution is -2.33. The van der Waals surface area contributed by atoms with Gasteiger partial charge in [-0.25, -0.2) is 0 Å². The van der Waals surface area contributed by atoms with Crippen LogP contribution in [0.4, 0.5) is 13.2 Å². The van der Waals surface area contributed by atoms with Crippen molar-refractivity contribution in [3.63, 3.8) is 0 Å². The number of halogens is 3. The van der Waals surface area contributed by atoms with Crippen LogP contribution in [0.15, 0.2) is 24.3 Å². The van der Waals surface area contributed by atoms with Crippen molar-refractivity contribution in [1.82, 2.24) is 5.32 Å². The lowest BCUT2D eigenvalue weighted by atomic mass is 10.2. The molecule has 1 aromatic carbocycles. The zero-order valence-corrected chi connectivity index (χ0v) is 10.7. The molecule has 1 atom stereocenters. The van der Waals surface area contributed by atoms with Crippen molar-refractivity contribution < 1.29 is 23.0 Å². The van der Waals surface area contributed by atoms with Crippen molar-refractivity contribution in [2.75, 3.05) is 19.7 Å². The molecule has 0 radical (unpaired) electrons. The molecule has 7 heteroatoms. The fourth-order valence-corrected chi connectivity index (χ4v) is 1.38. The van der Waals surface area contributed by atoms with Crippen LogP contribution < -0.4 is 10.1 Å². The summed E-state index contributed by atoms with van der Waals surface area (Å²) in [4.78, 5) is 0. The number of nitriles is 1. The lowest BCUT2D eigenvalue weighted by molar-refractivity contribution is -0.133. The summed E-state index contributed by atoms with van der Waals surface area (Å²) in [5.41, 5.74) is 0.492. The number of nitrogens with one attached hydrogen (secondary N) is 1. The molecule has 0 amide bonds. The molecule has 2 N–H and O–H groups in total. The first-order chi connectivity index (χ1) is 9.40. The van der Waals surface area contributed by atoms with Crippen molar-refractivity contribution in [2.45, 2.75) is 18.7 Å². The molecule has 20 heavy (non-hydrogen) atoms. The topological polar surface area (TPSA) is 65.3 Å². The van der Waals surface area contributed by atoms with E-state index in [-0.39, 0.29) is 19.7 Å². The van der Waals surface area contributed by atoms with Gasteiger partial charge in [-0.15, -0.1) is 0 Å². The van der Waals surface area contributed by atoms with E-state index in [1.54, 1.807) is 24.3 Å². The summed E-state index contributed by atoms with van der Waals surface area (Å²) in [5.74, 6) is 0.485. The summed E-state index contributed by atoms with van der Waals surface area (Å²) < 4.78 is 40.8. The van der Waals surface area contributed by atoms with Gasteiger partial charge >= 0.3 is 6.18 Å². The Morgan fingerprint density at radius 2 is 1.95 bits per heavy atom. The summed E-state index contributed by atoms with van der Waals surface area (Å²) in [6.45, 7) is -0.255. The minimum Gasteiger partial charge on any atom is -0.491 e. The zero-order valence-electron chi connectivity index (χ0n) is 10.7. The molecule has 1 unspecified atom stereocenters. The van der Waals surface area contributed by atoms with Crippen LogP contribution in [0.5, 0.6) is 5.75 Å². The van der Waals surface area contributed by atoms with Gasteiger partial charge in [-0.2, -0.15) is 18.4 Å². The molecular formula is C13H15F3N2O2. The van der Waals surface area contributed by atoms with Gasteiger partial charge in [-0.1, -0.05) is 0 Å². The molecule has 0 fully saturated rings. The maximum atomic E-state index is 11.9. The van der Waals surface area contributed by atoms with Crippen LogP contribution in [0, 0.1) is 11.3 Å². The molecule has 4 nitrogen and oxygen atoms in total. The second kappa shape index (κ2) is 7.72. The smallest absolute Gasteiger partial charge is 0.390 e. The number of ether oxygens (including phenoxy) is 1. The van der Waals surface area contributed by atoms with Gasteiger partial charge in [0.05, 0.1) is 18.1 Å². The molecule has 1 rings (SSSR count). The van der Waals surface area contributed by atoms with Crippen molar-refractivity contribution in [3.05, 3.63) is 29.8 Å². The highest BCUT2D eigenvalue weighted by molar-refractivity contribution is 5.34. The number of nitrogens with zero attached hydrogens (tertiary/aromatic N) is 1. The van der Waals surface area contributed by atoms with Crippen molar-refractivity contribution in [2.24, 2.45) is 0 Å². The normalized spacial score (nSPS) is 12.8. The Labute approximate surface area is 114 Å². The Hall–Kier alpha value is -1.78. The van der Waals surface area contributed by atoms with E-state index in [9.17, 15) is 18.3 Å². The van der Waals surface area contributed by atoms with Crippen molar-refractivity contribution in [3.8, 4) is 11.8 Å². The largest absolute Gasteiger partial charge is 0.491 e. The van der Waals surface area contributed by atoms with Gasteiger partial charge in [0.25, 0.3) is 0 Å². The maximum Gasteiger partial charge on any atom is 0.390 e. The van der Waals surface area contributed by atoms with Crippen LogP contribution in [-0.2, 0) is 0 Å². The molecule has 0 saturated carbocycles. The van der Waals surface area contributed by atoms with Crippen LogP contribution in [0.1, 0.15) is 12.0 Å². The monoisotopic (exact) mass is 288 g/mol. The Morgan fingerprint density at radius 1 is 1.30 bits per heavy atom. The Kier molecular flexibility index (Phi) is 6.28. The molecule has 1 aromatic rings. The highest BCUT2D eigenvalue weighted by Crippen LogP contribution is 2.18. The fraction of sp³-hybridized carbons (Fsp3) is 0.462. The number of hydrogen-bond donors (Lipinski definition) is 2. The van der Waals surface area contributed by atoms with Crippen LogP contribution in [0.3, 0.4) is 0 Å². The average molecular weight is 288 g/mol. The summed E-state index contributed by atoms with van der Waals surface area (Å²) in [7, 11) is 0. The minimum atomic E-state index is -4.20. The van der Waals surface area contributed by atoms with Crippen LogP contribution in [-0.4, -0.2) is 37.1 Å². The third-order valence-corrected chi connectivity index (χ3v) is 2.39. The van der Waals surface area contributed by atoms with E-state index in [0.29, 0.717) is 11.3 Å². The van der Waals surface area contributed by atoms with Gasteiger partial charge in [-0.3, -0.25) is 0 Å². The SMILES string of the molecule is N#Cc1ccc(OCC(O)CNCCC(F)(F)F)cc1. The number of rotatable bonds is 7. The van der Waals surface area contributed by atoms with E-state index in [1.807, 2.05) is 6.07 Å². The van der Waals surface area contributed by atoms with Gasteiger partial charge in [0.15, 0.2) is 0 Å². The van der Waals surface area contributed by atoms with Crippen LogP contribution in [0.2, 0.25) is 0 Å². The predicted octanol–water partition coefficient (Wildman–Crippen LogP) is 1.84. The van der Waals surface area contributed by atoms with Crippen molar-refractivity contribution >= 4 is 0 Å². The van der Waals surface area contributed by atoms with Crippen molar-refractivity contribution in [1.29, 1.82) is 5.26 Å². The van der Waals surface area contributed by atoms with Gasteiger partial charge in [0, 0.05) is 13.1 Å². The Bertz CT molecular complexity index is 440. The second-order valence-corrected chi connectivity index (χ2v) is 4.17. The van der Waals surface area contributed by atoms with E-state index in [2.05, 4.69) is 5.32 Å². The molecule has 0 aliphatic rings. The van der Waals surface area contributed by atoms with E-state index in [1.165, 1.54) is 0 Å². The van der Waals surface area contributed by atoms with Gasteiger partial charge < -0.3 is 15.2 Å². The minimum absolute atomic E-state index is 0.0202. The highest BCUT2D eigenvalue weighted by Gasteiger charge is 2.26. The quantitative estimate of drug-likeness (QED) is 0.751. The molecule has 0 saturated heterocycles. The van der Waals surface area contributed by atoms with Gasteiger partial charge in [0.1, 0.15) is 18.5 Å². The second-order valence-electron chi connectivity index (χ2n) is 4.17. The molecule has 0 aliphatic carbocycles. The number of alkyl halides is 3. The summed E-state index contributed by atoms with van der Waals surface area (Å²) in [5, 5.41) is 20.6. The first-order valence-corrected chi connectivity index (χ1v) is 5.99. The van der Waals surface area contributed by atoms with E-state index < -0.39 is 18.7 Å². The van der Waals surface area contributed by atoms with Gasteiger partial charge in [0.2, 0.25) is 0 Å². The number of aliphatic hydroxyl groups is 1. The summed E-state index contributed by atoms with van der Waals surface area (Å²) in [6.07, 6.45) is -6.04. The fourth-order valence-electron chi connectivity index (χ4n) is 1.38. The Balaban J connectivity index is 2.19. The average Bonchev–Trinajstić information content (AvgIpc) is 2.41. The van der Waals surface area contributed by atoms with E-state index in [0.717, 1.165) is 0 Å². The Morgan fingerprint density at radius 3 is 2.50 bits per heavy atom. The van der Waals surface area contributed by atoms with E-state index >= 15 is 0 Å². The predicted molar refractivity (Wildman–Crippen MR) is 66.2 cm³/mol. The standard InChI is InChI=1S/C13H15F3N2O2/c14-13(15,16)5-6-18-8-11(19)9-20-12-3-1-10(7-17)2-4-12/h1-4,11,18-19H,5-6,8-9H2. The molecule has 110 valence electrons. The van der Waals surface area contributed by atoms with E-state index in [4.69, 9.17) is 10.00 Å². The zero-order chi connectivity index (χ0) is 15.0. The highest BCUT2D eigenvalue weighted by atomic mass is 19.4. The molecular weight excluding hydrogens is 273 g/mol. The molecule has 0 aromatic heterocycles. The molecule has 0 aliphatic heterocycles. The first-order valence-electron chi connectivity index (χ1n) is 5.99. The number of hydrogen-bond acceptors (Lipinski definition) is 4. The van der Waals surface area contributed by atoms with Crippen LogP contribution in [0.25, 0.3) is 0 Å².